The summed E-state index contributed by atoms with van der Waals surface area (Å²) in [5.74, 6) is 0. The minimum atomic E-state index is 0.425. The molecule has 0 aliphatic rings. The van der Waals surface area contributed by atoms with Crippen molar-refractivity contribution in [1.82, 2.24) is 4.98 Å². The van der Waals surface area contributed by atoms with Crippen molar-refractivity contribution in [3.05, 3.63) is 53.2 Å². The molecule has 3 rings (SSSR count). The molecular weight excluding hydrogens is 234 g/mol. The summed E-state index contributed by atoms with van der Waals surface area (Å²) in [5.41, 5.74) is 1.26. The van der Waals surface area contributed by atoms with Gasteiger partial charge < -0.3 is 0 Å². The van der Waals surface area contributed by atoms with Gasteiger partial charge in [-0.1, -0.05) is 48.0 Å². The predicted molar refractivity (Wildman–Crippen MR) is 69.6 cm³/mol. The van der Waals surface area contributed by atoms with E-state index >= 15 is 0 Å². The quantitative estimate of drug-likeness (QED) is 0.478. The standard InChI is InChI=1S/C14H8ClNO/c15-13-10(8-17)7-16-14-11-4-2-1-3-9(11)5-6-12(13)14/h1-8H. The van der Waals surface area contributed by atoms with E-state index in [9.17, 15) is 4.79 Å². The maximum atomic E-state index is 10.8. The Bertz CT molecular complexity index is 737. The number of carbonyl (C=O) groups excluding carboxylic acids is 1. The molecule has 17 heavy (non-hydrogen) atoms. The minimum absolute atomic E-state index is 0.425. The van der Waals surface area contributed by atoms with Gasteiger partial charge >= 0.3 is 0 Å². The molecule has 3 heteroatoms. The maximum Gasteiger partial charge on any atom is 0.153 e. The summed E-state index contributed by atoms with van der Waals surface area (Å²) >= 11 is 6.17. The average molecular weight is 242 g/mol. The molecule has 2 nitrogen and oxygen atoms in total. The van der Waals surface area contributed by atoms with E-state index in [4.69, 9.17) is 11.6 Å². The topological polar surface area (TPSA) is 30.0 Å². The number of carbonyl (C=O) groups is 1. The first-order valence-corrected chi connectivity index (χ1v) is 5.60. The van der Waals surface area contributed by atoms with Crippen molar-refractivity contribution in [2.75, 3.05) is 0 Å². The van der Waals surface area contributed by atoms with Gasteiger partial charge in [0, 0.05) is 17.0 Å². The van der Waals surface area contributed by atoms with E-state index in [1.807, 2.05) is 36.4 Å². The van der Waals surface area contributed by atoms with Crippen LogP contribution in [0.15, 0.2) is 42.6 Å². The number of halogens is 1. The summed E-state index contributed by atoms with van der Waals surface area (Å²) in [6, 6.07) is 11.9. The lowest BCUT2D eigenvalue weighted by Crippen LogP contribution is -1.88. The van der Waals surface area contributed by atoms with Gasteiger partial charge in [0.2, 0.25) is 0 Å². The zero-order chi connectivity index (χ0) is 11.8. The maximum absolute atomic E-state index is 10.8. The number of pyridine rings is 1. The lowest BCUT2D eigenvalue weighted by Gasteiger charge is -2.05. The molecule has 0 saturated heterocycles. The van der Waals surface area contributed by atoms with Gasteiger partial charge in [0.1, 0.15) is 0 Å². The van der Waals surface area contributed by atoms with Crippen LogP contribution in [0, 0.1) is 0 Å². The molecule has 0 radical (unpaired) electrons. The van der Waals surface area contributed by atoms with Crippen molar-refractivity contribution in [3.8, 4) is 0 Å². The predicted octanol–water partition coefficient (Wildman–Crippen LogP) is 3.85. The molecule has 0 N–H and O–H groups in total. The van der Waals surface area contributed by atoms with Crippen molar-refractivity contribution in [3.63, 3.8) is 0 Å². The lowest BCUT2D eigenvalue weighted by atomic mass is 10.1. The van der Waals surface area contributed by atoms with Crippen molar-refractivity contribution in [2.45, 2.75) is 0 Å². The Morgan fingerprint density at radius 3 is 2.71 bits per heavy atom. The number of rotatable bonds is 1. The molecule has 0 saturated carbocycles. The molecule has 82 valence electrons. The van der Waals surface area contributed by atoms with Crippen LogP contribution in [0.4, 0.5) is 0 Å². The highest BCUT2D eigenvalue weighted by Gasteiger charge is 2.08. The Balaban J connectivity index is 2.53. The van der Waals surface area contributed by atoms with Gasteiger partial charge in [-0.25, -0.2) is 0 Å². The Morgan fingerprint density at radius 1 is 1.06 bits per heavy atom. The van der Waals surface area contributed by atoms with Crippen LogP contribution in [0.3, 0.4) is 0 Å². The van der Waals surface area contributed by atoms with E-state index in [-0.39, 0.29) is 0 Å². The summed E-state index contributed by atoms with van der Waals surface area (Å²) in [7, 11) is 0. The summed E-state index contributed by atoms with van der Waals surface area (Å²) in [6.07, 6.45) is 2.24. The van der Waals surface area contributed by atoms with E-state index in [1.165, 1.54) is 6.20 Å². The number of nitrogens with zero attached hydrogens (tertiary/aromatic N) is 1. The number of hydrogen-bond acceptors (Lipinski definition) is 2. The van der Waals surface area contributed by atoms with Crippen molar-refractivity contribution >= 4 is 39.6 Å². The molecule has 0 spiro atoms. The fourth-order valence-corrected chi connectivity index (χ4v) is 2.25. The highest BCUT2D eigenvalue weighted by Crippen LogP contribution is 2.29. The molecule has 0 fully saturated rings. The van der Waals surface area contributed by atoms with Gasteiger partial charge in [0.15, 0.2) is 6.29 Å². The van der Waals surface area contributed by atoms with Crippen LogP contribution < -0.4 is 0 Å². The van der Waals surface area contributed by atoms with Crippen molar-refractivity contribution in [1.29, 1.82) is 0 Å². The molecule has 1 aromatic heterocycles. The van der Waals surface area contributed by atoms with Gasteiger partial charge in [-0.2, -0.15) is 0 Å². The highest BCUT2D eigenvalue weighted by atomic mass is 35.5. The molecule has 0 aliphatic carbocycles. The number of hydrogen-bond donors (Lipinski definition) is 0. The van der Waals surface area contributed by atoms with Gasteiger partial charge in [-0.15, -0.1) is 0 Å². The molecule has 1 heterocycles. The Labute approximate surface area is 103 Å². The zero-order valence-corrected chi connectivity index (χ0v) is 9.61. The van der Waals surface area contributed by atoms with E-state index in [0.717, 1.165) is 28.0 Å². The summed E-state index contributed by atoms with van der Waals surface area (Å²) in [5, 5.41) is 3.44. The van der Waals surface area contributed by atoms with E-state index in [0.29, 0.717) is 10.6 Å². The third-order valence-corrected chi connectivity index (χ3v) is 3.27. The normalized spacial score (nSPS) is 10.9. The third-order valence-electron chi connectivity index (χ3n) is 2.85. The van der Waals surface area contributed by atoms with Gasteiger partial charge in [0.25, 0.3) is 0 Å². The van der Waals surface area contributed by atoms with Crippen LogP contribution in [-0.4, -0.2) is 11.3 Å². The first-order chi connectivity index (χ1) is 8.31. The first kappa shape index (κ1) is 10.2. The van der Waals surface area contributed by atoms with Crippen LogP contribution in [-0.2, 0) is 0 Å². The second-order valence-corrected chi connectivity index (χ2v) is 4.21. The van der Waals surface area contributed by atoms with E-state index in [1.54, 1.807) is 0 Å². The number of benzene rings is 2. The molecular formula is C14H8ClNO. The monoisotopic (exact) mass is 241 g/mol. The molecule has 0 unspecified atom stereocenters. The molecule has 2 aromatic carbocycles. The average Bonchev–Trinajstić information content (AvgIpc) is 2.39. The smallest absolute Gasteiger partial charge is 0.153 e. The lowest BCUT2D eigenvalue weighted by molar-refractivity contribution is 0.112. The molecule has 0 bridgehead atoms. The molecule has 0 amide bonds. The van der Waals surface area contributed by atoms with Crippen LogP contribution >= 0.6 is 11.6 Å². The minimum Gasteiger partial charge on any atom is -0.298 e. The molecule has 3 aromatic rings. The Morgan fingerprint density at radius 2 is 1.88 bits per heavy atom. The summed E-state index contributed by atoms with van der Waals surface area (Å²) in [6.45, 7) is 0. The number of fused-ring (bicyclic) bond motifs is 3. The second-order valence-electron chi connectivity index (χ2n) is 3.83. The fourth-order valence-electron chi connectivity index (χ4n) is 2.00. The van der Waals surface area contributed by atoms with Gasteiger partial charge in [-0.05, 0) is 5.39 Å². The van der Waals surface area contributed by atoms with Crippen molar-refractivity contribution < 1.29 is 4.79 Å². The van der Waals surface area contributed by atoms with E-state index in [2.05, 4.69) is 4.98 Å². The Hall–Kier alpha value is -1.93. The third kappa shape index (κ3) is 1.49. The number of aromatic nitrogens is 1. The first-order valence-electron chi connectivity index (χ1n) is 5.22. The second kappa shape index (κ2) is 3.82. The van der Waals surface area contributed by atoms with Gasteiger partial charge in [0.05, 0.1) is 16.1 Å². The van der Waals surface area contributed by atoms with E-state index < -0.39 is 0 Å². The molecule has 0 aliphatic heterocycles. The summed E-state index contributed by atoms with van der Waals surface area (Å²) < 4.78 is 0. The zero-order valence-electron chi connectivity index (χ0n) is 8.85. The summed E-state index contributed by atoms with van der Waals surface area (Å²) in [4.78, 5) is 15.1. The van der Waals surface area contributed by atoms with Crippen molar-refractivity contribution in [2.24, 2.45) is 0 Å². The van der Waals surface area contributed by atoms with Crippen LogP contribution in [0.2, 0.25) is 5.02 Å². The largest absolute Gasteiger partial charge is 0.298 e. The van der Waals surface area contributed by atoms with Crippen LogP contribution in [0.1, 0.15) is 10.4 Å². The number of aldehydes is 1. The Kier molecular flexibility index (Phi) is 2.30. The molecule has 0 atom stereocenters. The van der Waals surface area contributed by atoms with Crippen LogP contribution in [0.25, 0.3) is 21.7 Å². The van der Waals surface area contributed by atoms with Gasteiger partial charge in [-0.3, -0.25) is 9.78 Å². The SMILES string of the molecule is O=Cc1cnc2c(ccc3ccccc32)c1Cl. The fraction of sp³-hybridized carbons (Fsp3) is 0. The highest BCUT2D eigenvalue weighted by molar-refractivity contribution is 6.38. The van der Waals surface area contributed by atoms with Crippen LogP contribution in [0.5, 0.6) is 0 Å².